The molecule has 0 aliphatic carbocycles. The number of anilines is 1. The van der Waals surface area contributed by atoms with E-state index in [1.54, 1.807) is 24.3 Å². The number of sulfonamides is 1. The van der Waals surface area contributed by atoms with Gasteiger partial charge in [-0.3, -0.25) is 4.79 Å². The van der Waals surface area contributed by atoms with Crippen molar-refractivity contribution in [3.8, 4) is 5.75 Å². The first-order valence-electron chi connectivity index (χ1n) is 8.00. The largest absolute Gasteiger partial charge is 0.484 e. The van der Waals surface area contributed by atoms with Gasteiger partial charge < -0.3 is 10.1 Å². The molecule has 2 aromatic rings. The number of hydrogen-bond donors (Lipinski definition) is 2. The van der Waals surface area contributed by atoms with Gasteiger partial charge in [0, 0.05) is 12.2 Å². The van der Waals surface area contributed by atoms with Gasteiger partial charge in [0.05, 0.1) is 4.90 Å². The Morgan fingerprint density at radius 1 is 1.04 bits per heavy atom. The topological polar surface area (TPSA) is 84.5 Å². The molecule has 2 N–H and O–H groups in total. The third-order valence-electron chi connectivity index (χ3n) is 3.38. The Kier molecular flexibility index (Phi) is 6.55. The molecule has 6 nitrogen and oxygen atoms in total. The van der Waals surface area contributed by atoms with Crippen LogP contribution in [0.15, 0.2) is 53.4 Å². The van der Waals surface area contributed by atoms with E-state index in [-0.39, 0.29) is 17.4 Å². The van der Waals surface area contributed by atoms with E-state index in [4.69, 9.17) is 4.74 Å². The van der Waals surface area contributed by atoms with E-state index < -0.39 is 10.0 Å². The van der Waals surface area contributed by atoms with Crippen LogP contribution in [0.3, 0.4) is 0 Å². The van der Waals surface area contributed by atoms with Gasteiger partial charge in [0.1, 0.15) is 5.75 Å². The summed E-state index contributed by atoms with van der Waals surface area (Å²) >= 11 is 0. The second-order valence-electron chi connectivity index (χ2n) is 5.57. The Balaban J connectivity index is 1.89. The SMILES string of the molecule is CCCNS(=O)(=O)c1ccc(NC(=O)COc2ccc(C)cc2)cc1. The van der Waals surface area contributed by atoms with Crippen molar-refractivity contribution >= 4 is 21.6 Å². The normalized spacial score (nSPS) is 11.1. The van der Waals surface area contributed by atoms with Gasteiger partial charge in [0.25, 0.3) is 5.91 Å². The molecule has 0 saturated heterocycles. The van der Waals surface area contributed by atoms with Crippen LogP contribution >= 0.6 is 0 Å². The molecule has 2 aromatic carbocycles. The van der Waals surface area contributed by atoms with E-state index in [0.29, 0.717) is 24.4 Å². The van der Waals surface area contributed by atoms with Gasteiger partial charge in [-0.05, 0) is 49.7 Å². The van der Waals surface area contributed by atoms with Crippen molar-refractivity contribution in [2.45, 2.75) is 25.2 Å². The molecular formula is C18H22N2O4S. The second-order valence-corrected chi connectivity index (χ2v) is 7.34. The van der Waals surface area contributed by atoms with Crippen molar-refractivity contribution < 1.29 is 17.9 Å². The minimum absolute atomic E-state index is 0.124. The highest BCUT2D eigenvalue weighted by Gasteiger charge is 2.13. The fraction of sp³-hybridized carbons (Fsp3) is 0.278. The highest BCUT2D eigenvalue weighted by atomic mass is 32.2. The van der Waals surface area contributed by atoms with E-state index in [2.05, 4.69) is 10.0 Å². The van der Waals surface area contributed by atoms with Gasteiger partial charge in [-0.25, -0.2) is 13.1 Å². The summed E-state index contributed by atoms with van der Waals surface area (Å²) in [5.74, 6) is 0.296. The molecule has 0 aromatic heterocycles. The number of carbonyl (C=O) groups excluding carboxylic acids is 1. The molecule has 0 fully saturated rings. The quantitative estimate of drug-likeness (QED) is 0.756. The van der Waals surface area contributed by atoms with Gasteiger partial charge in [-0.15, -0.1) is 0 Å². The maximum atomic E-state index is 12.0. The van der Waals surface area contributed by atoms with E-state index >= 15 is 0 Å². The molecule has 0 bridgehead atoms. The van der Waals surface area contributed by atoms with Gasteiger partial charge in [-0.1, -0.05) is 24.6 Å². The van der Waals surface area contributed by atoms with Crippen LogP contribution in [0.1, 0.15) is 18.9 Å². The first-order chi connectivity index (χ1) is 11.9. The van der Waals surface area contributed by atoms with Crippen LogP contribution in [0.2, 0.25) is 0 Å². The molecule has 0 heterocycles. The van der Waals surface area contributed by atoms with Crippen LogP contribution in [-0.2, 0) is 14.8 Å². The maximum absolute atomic E-state index is 12.0. The van der Waals surface area contributed by atoms with Crippen molar-refractivity contribution in [3.05, 3.63) is 54.1 Å². The second kappa shape index (κ2) is 8.64. The van der Waals surface area contributed by atoms with Crippen molar-refractivity contribution in [1.29, 1.82) is 0 Å². The van der Waals surface area contributed by atoms with Crippen molar-refractivity contribution in [2.24, 2.45) is 0 Å². The van der Waals surface area contributed by atoms with E-state index in [0.717, 1.165) is 5.56 Å². The zero-order chi connectivity index (χ0) is 18.3. The van der Waals surface area contributed by atoms with Crippen molar-refractivity contribution in [3.63, 3.8) is 0 Å². The number of rotatable bonds is 8. The molecule has 0 unspecified atom stereocenters. The number of aryl methyl sites for hydroxylation is 1. The van der Waals surface area contributed by atoms with Crippen molar-refractivity contribution in [2.75, 3.05) is 18.5 Å². The Morgan fingerprint density at radius 2 is 1.68 bits per heavy atom. The Bertz CT molecular complexity index is 800. The number of benzene rings is 2. The van der Waals surface area contributed by atoms with Crippen LogP contribution in [0.25, 0.3) is 0 Å². The van der Waals surface area contributed by atoms with Crippen molar-refractivity contribution in [1.82, 2.24) is 4.72 Å². The Morgan fingerprint density at radius 3 is 2.28 bits per heavy atom. The van der Waals surface area contributed by atoms with Gasteiger partial charge in [0.15, 0.2) is 6.61 Å². The summed E-state index contributed by atoms with van der Waals surface area (Å²) in [4.78, 5) is 12.1. The van der Waals surface area contributed by atoms with Crippen LogP contribution in [0, 0.1) is 6.92 Å². The number of nitrogens with one attached hydrogen (secondary N) is 2. The van der Waals surface area contributed by atoms with Crippen LogP contribution in [0.5, 0.6) is 5.75 Å². The van der Waals surface area contributed by atoms with E-state index in [1.165, 1.54) is 12.1 Å². The average Bonchev–Trinajstić information content (AvgIpc) is 2.60. The van der Waals surface area contributed by atoms with Gasteiger partial charge in [-0.2, -0.15) is 0 Å². The average molecular weight is 362 g/mol. The third kappa shape index (κ3) is 5.88. The van der Waals surface area contributed by atoms with Crippen LogP contribution < -0.4 is 14.8 Å². The molecule has 2 rings (SSSR count). The molecule has 7 heteroatoms. The van der Waals surface area contributed by atoms with Gasteiger partial charge in [0.2, 0.25) is 10.0 Å². The fourth-order valence-corrected chi connectivity index (χ4v) is 3.15. The third-order valence-corrected chi connectivity index (χ3v) is 4.86. The lowest BCUT2D eigenvalue weighted by atomic mass is 10.2. The fourth-order valence-electron chi connectivity index (χ4n) is 2.02. The molecule has 0 radical (unpaired) electrons. The molecule has 0 atom stereocenters. The standard InChI is InChI=1S/C18H22N2O4S/c1-3-12-19-25(22,23)17-10-6-15(7-11-17)20-18(21)13-24-16-8-4-14(2)5-9-16/h4-11,19H,3,12-13H2,1-2H3,(H,20,21). The van der Waals surface area contributed by atoms with Gasteiger partial charge >= 0.3 is 0 Å². The number of ether oxygens (including phenoxy) is 1. The highest BCUT2D eigenvalue weighted by Crippen LogP contribution is 2.15. The molecule has 0 saturated carbocycles. The molecule has 0 spiro atoms. The highest BCUT2D eigenvalue weighted by molar-refractivity contribution is 7.89. The lowest BCUT2D eigenvalue weighted by molar-refractivity contribution is -0.118. The monoisotopic (exact) mass is 362 g/mol. The zero-order valence-electron chi connectivity index (χ0n) is 14.3. The minimum atomic E-state index is -3.50. The zero-order valence-corrected chi connectivity index (χ0v) is 15.1. The summed E-state index contributed by atoms with van der Waals surface area (Å²) in [6.45, 7) is 4.12. The van der Waals surface area contributed by atoms with E-state index in [9.17, 15) is 13.2 Å². The lowest BCUT2D eigenvalue weighted by Crippen LogP contribution is -2.24. The summed E-state index contributed by atoms with van der Waals surface area (Å²) in [6.07, 6.45) is 0.717. The predicted octanol–water partition coefficient (Wildman–Crippen LogP) is 2.70. The maximum Gasteiger partial charge on any atom is 0.262 e. The summed E-state index contributed by atoms with van der Waals surface area (Å²) in [6, 6.07) is 13.4. The molecule has 134 valence electrons. The van der Waals surface area contributed by atoms with Crippen LogP contribution in [-0.4, -0.2) is 27.5 Å². The van der Waals surface area contributed by atoms with E-state index in [1.807, 2.05) is 26.0 Å². The smallest absolute Gasteiger partial charge is 0.262 e. The number of hydrogen-bond acceptors (Lipinski definition) is 4. The summed E-state index contributed by atoms with van der Waals surface area (Å²) < 4.78 is 31.9. The van der Waals surface area contributed by atoms with Crippen LogP contribution in [0.4, 0.5) is 5.69 Å². The lowest BCUT2D eigenvalue weighted by Gasteiger charge is -2.09. The molecular weight excluding hydrogens is 340 g/mol. The summed E-state index contributed by atoms with van der Waals surface area (Å²) in [7, 11) is -3.50. The first kappa shape index (κ1) is 19.0. The molecule has 0 aliphatic rings. The Labute approximate surface area is 148 Å². The first-order valence-corrected chi connectivity index (χ1v) is 9.48. The predicted molar refractivity (Wildman–Crippen MR) is 97.2 cm³/mol. The molecule has 0 aliphatic heterocycles. The summed E-state index contributed by atoms with van der Waals surface area (Å²) in [5, 5.41) is 2.67. The summed E-state index contributed by atoms with van der Waals surface area (Å²) in [5.41, 5.74) is 1.62. The Hall–Kier alpha value is -2.38. The number of amides is 1. The minimum Gasteiger partial charge on any atom is -0.484 e. The molecule has 25 heavy (non-hydrogen) atoms. The molecule has 1 amide bonds. The number of carbonyl (C=O) groups is 1.